The van der Waals surface area contributed by atoms with Crippen LogP contribution in [0.5, 0.6) is 0 Å². The lowest BCUT2D eigenvalue weighted by molar-refractivity contribution is 0.0729. The summed E-state index contributed by atoms with van der Waals surface area (Å²) in [4.78, 5) is 11.6. The van der Waals surface area contributed by atoms with Crippen LogP contribution in [0.4, 0.5) is 5.69 Å². The molecule has 1 unspecified atom stereocenters. The molecule has 3 nitrogen and oxygen atoms in total. The maximum Gasteiger partial charge on any atom is 0.191 e. The van der Waals surface area contributed by atoms with E-state index in [0.29, 0.717) is 17.7 Å². The zero-order valence-electron chi connectivity index (χ0n) is 8.23. The molecule has 0 amide bonds. The first kappa shape index (κ1) is 10.7. The Morgan fingerprint density at radius 3 is 2.50 bits per heavy atom. The van der Waals surface area contributed by atoms with Crippen LogP contribution < -0.4 is 5.73 Å². The molecule has 0 spiro atoms. The predicted octanol–water partition coefficient (Wildman–Crippen LogP) is 1.61. The third kappa shape index (κ3) is 2.57. The van der Waals surface area contributed by atoms with E-state index in [1.54, 1.807) is 24.3 Å². The normalized spacial score (nSPS) is 12.4. The van der Waals surface area contributed by atoms with Crippen LogP contribution in [-0.2, 0) is 0 Å². The first-order valence-corrected chi connectivity index (χ1v) is 4.73. The van der Waals surface area contributed by atoms with Gasteiger partial charge in [0.1, 0.15) is 6.10 Å². The lowest BCUT2D eigenvalue weighted by Gasteiger charge is -2.07. The maximum atomic E-state index is 11.6. The fraction of sp³-hybridized carbons (Fsp3) is 0.364. The van der Waals surface area contributed by atoms with Gasteiger partial charge in [-0.2, -0.15) is 0 Å². The zero-order valence-corrected chi connectivity index (χ0v) is 8.23. The molecule has 0 aliphatic heterocycles. The summed E-state index contributed by atoms with van der Waals surface area (Å²) in [5, 5.41) is 9.46. The standard InChI is InChI=1S/C11H15NO2/c1-2-3-10(13)11(14)8-4-6-9(12)7-5-8/h4-7,10,13H,2-3,12H2,1H3. The topological polar surface area (TPSA) is 63.3 Å². The lowest BCUT2D eigenvalue weighted by atomic mass is 10.0. The fourth-order valence-electron chi connectivity index (χ4n) is 1.24. The van der Waals surface area contributed by atoms with Gasteiger partial charge in [-0.3, -0.25) is 4.79 Å². The maximum absolute atomic E-state index is 11.6. The van der Waals surface area contributed by atoms with Crippen LogP contribution in [-0.4, -0.2) is 17.0 Å². The van der Waals surface area contributed by atoms with E-state index >= 15 is 0 Å². The highest BCUT2D eigenvalue weighted by molar-refractivity contribution is 5.99. The van der Waals surface area contributed by atoms with E-state index in [0.717, 1.165) is 6.42 Å². The van der Waals surface area contributed by atoms with Crippen LogP contribution in [0, 0.1) is 0 Å². The number of benzene rings is 1. The van der Waals surface area contributed by atoms with Crippen molar-refractivity contribution >= 4 is 11.5 Å². The van der Waals surface area contributed by atoms with Gasteiger partial charge in [0.25, 0.3) is 0 Å². The van der Waals surface area contributed by atoms with Crippen molar-refractivity contribution in [3.8, 4) is 0 Å². The Morgan fingerprint density at radius 1 is 1.43 bits per heavy atom. The van der Waals surface area contributed by atoms with Gasteiger partial charge >= 0.3 is 0 Å². The molecule has 3 heteroatoms. The Bertz CT molecular complexity index is 306. The van der Waals surface area contributed by atoms with Crippen LogP contribution in [0.15, 0.2) is 24.3 Å². The molecule has 0 saturated carbocycles. The summed E-state index contributed by atoms with van der Waals surface area (Å²) in [6.07, 6.45) is 0.411. The summed E-state index contributed by atoms with van der Waals surface area (Å²) < 4.78 is 0. The molecule has 1 aromatic carbocycles. The van der Waals surface area contributed by atoms with Crippen molar-refractivity contribution in [2.75, 3.05) is 5.73 Å². The largest absolute Gasteiger partial charge is 0.399 e. The SMILES string of the molecule is CCCC(O)C(=O)c1ccc(N)cc1. The van der Waals surface area contributed by atoms with Gasteiger partial charge < -0.3 is 10.8 Å². The summed E-state index contributed by atoms with van der Waals surface area (Å²) in [5.74, 6) is -0.230. The van der Waals surface area contributed by atoms with Gasteiger partial charge in [0, 0.05) is 11.3 Å². The van der Waals surface area contributed by atoms with Crippen molar-refractivity contribution < 1.29 is 9.90 Å². The van der Waals surface area contributed by atoms with E-state index in [1.807, 2.05) is 6.92 Å². The molecule has 76 valence electrons. The van der Waals surface area contributed by atoms with Crippen LogP contribution in [0.3, 0.4) is 0 Å². The van der Waals surface area contributed by atoms with E-state index in [2.05, 4.69) is 0 Å². The lowest BCUT2D eigenvalue weighted by Crippen LogP contribution is -2.19. The van der Waals surface area contributed by atoms with E-state index in [1.165, 1.54) is 0 Å². The van der Waals surface area contributed by atoms with Gasteiger partial charge in [0.2, 0.25) is 0 Å². The summed E-state index contributed by atoms with van der Waals surface area (Å²) >= 11 is 0. The molecule has 0 fully saturated rings. The Balaban J connectivity index is 2.74. The van der Waals surface area contributed by atoms with E-state index in [4.69, 9.17) is 5.73 Å². The number of nitrogen functional groups attached to an aromatic ring is 1. The molecular formula is C11H15NO2. The second-order valence-electron chi connectivity index (χ2n) is 3.29. The molecule has 14 heavy (non-hydrogen) atoms. The average Bonchev–Trinajstić information content (AvgIpc) is 2.18. The van der Waals surface area contributed by atoms with E-state index < -0.39 is 6.10 Å². The Kier molecular flexibility index (Phi) is 3.65. The number of Topliss-reactive ketones (excluding diaryl/α,β-unsaturated/α-hetero) is 1. The van der Waals surface area contributed by atoms with Crippen LogP contribution >= 0.6 is 0 Å². The van der Waals surface area contributed by atoms with E-state index in [9.17, 15) is 9.90 Å². The molecule has 0 aromatic heterocycles. The summed E-state index contributed by atoms with van der Waals surface area (Å²) in [6, 6.07) is 6.59. The predicted molar refractivity (Wildman–Crippen MR) is 56.1 cm³/mol. The minimum Gasteiger partial charge on any atom is -0.399 e. The number of carbonyl (C=O) groups excluding carboxylic acids is 1. The highest BCUT2D eigenvalue weighted by Crippen LogP contribution is 2.10. The number of rotatable bonds is 4. The van der Waals surface area contributed by atoms with Gasteiger partial charge in [-0.15, -0.1) is 0 Å². The molecule has 3 N–H and O–H groups in total. The van der Waals surface area contributed by atoms with Crippen LogP contribution in [0.25, 0.3) is 0 Å². The average molecular weight is 193 g/mol. The number of hydrogen-bond acceptors (Lipinski definition) is 3. The Hall–Kier alpha value is -1.35. The van der Waals surface area contributed by atoms with Crippen molar-refractivity contribution in [1.82, 2.24) is 0 Å². The number of aliphatic hydroxyl groups excluding tert-OH is 1. The second kappa shape index (κ2) is 4.77. The minimum absolute atomic E-state index is 0.230. The Morgan fingerprint density at radius 2 is 2.00 bits per heavy atom. The third-order valence-electron chi connectivity index (χ3n) is 2.06. The highest BCUT2D eigenvalue weighted by atomic mass is 16.3. The summed E-state index contributed by atoms with van der Waals surface area (Å²) in [5.41, 5.74) is 6.62. The molecule has 0 saturated heterocycles. The molecule has 1 atom stereocenters. The Labute approximate surface area is 83.6 Å². The van der Waals surface area contributed by atoms with Gasteiger partial charge in [-0.05, 0) is 30.7 Å². The second-order valence-corrected chi connectivity index (χ2v) is 3.29. The summed E-state index contributed by atoms with van der Waals surface area (Å²) in [7, 11) is 0. The first-order valence-electron chi connectivity index (χ1n) is 4.73. The van der Waals surface area contributed by atoms with Gasteiger partial charge in [-0.25, -0.2) is 0 Å². The highest BCUT2D eigenvalue weighted by Gasteiger charge is 2.15. The molecule has 1 rings (SSSR count). The fourth-order valence-corrected chi connectivity index (χ4v) is 1.24. The van der Waals surface area contributed by atoms with Crippen LogP contribution in [0.1, 0.15) is 30.1 Å². The van der Waals surface area contributed by atoms with Gasteiger partial charge in [0.05, 0.1) is 0 Å². The van der Waals surface area contributed by atoms with Crippen molar-refractivity contribution in [1.29, 1.82) is 0 Å². The smallest absolute Gasteiger partial charge is 0.191 e. The number of aliphatic hydroxyl groups is 1. The van der Waals surface area contributed by atoms with Gasteiger partial charge in [0.15, 0.2) is 5.78 Å². The van der Waals surface area contributed by atoms with Crippen molar-refractivity contribution in [3.05, 3.63) is 29.8 Å². The molecule has 0 heterocycles. The number of hydrogen-bond donors (Lipinski definition) is 2. The molecule has 0 aliphatic carbocycles. The van der Waals surface area contributed by atoms with Gasteiger partial charge in [-0.1, -0.05) is 13.3 Å². The monoisotopic (exact) mass is 193 g/mol. The number of anilines is 1. The third-order valence-corrected chi connectivity index (χ3v) is 2.06. The molecule has 1 aromatic rings. The number of carbonyl (C=O) groups is 1. The first-order chi connectivity index (χ1) is 6.65. The minimum atomic E-state index is -0.886. The van der Waals surface area contributed by atoms with Crippen molar-refractivity contribution in [2.24, 2.45) is 0 Å². The molecule has 0 radical (unpaired) electrons. The molecule has 0 aliphatic rings. The zero-order chi connectivity index (χ0) is 10.6. The summed E-state index contributed by atoms with van der Waals surface area (Å²) in [6.45, 7) is 1.93. The molecular weight excluding hydrogens is 178 g/mol. The quantitative estimate of drug-likeness (QED) is 0.564. The van der Waals surface area contributed by atoms with Crippen molar-refractivity contribution in [3.63, 3.8) is 0 Å². The van der Waals surface area contributed by atoms with Crippen molar-refractivity contribution in [2.45, 2.75) is 25.9 Å². The van der Waals surface area contributed by atoms with Crippen LogP contribution in [0.2, 0.25) is 0 Å². The van der Waals surface area contributed by atoms with E-state index in [-0.39, 0.29) is 5.78 Å². The molecule has 0 bridgehead atoms. The number of nitrogens with two attached hydrogens (primary N) is 1. The number of ketones is 1.